The van der Waals surface area contributed by atoms with Crippen molar-refractivity contribution in [3.63, 3.8) is 0 Å². The predicted octanol–water partition coefficient (Wildman–Crippen LogP) is 3.50. The molecule has 0 N–H and O–H groups in total. The van der Waals surface area contributed by atoms with Crippen molar-refractivity contribution < 1.29 is 4.57 Å². The molecule has 20 heavy (non-hydrogen) atoms. The molecule has 0 aliphatic carbocycles. The molecule has 2 nitrogen and oxygen atoms in total. The molecule has 3 aromatic carbocycles. The Morgan fingerprint density at radius 1 is 0.900 bits per heavy atom. The van der Waals surface area contributed by atoms with Crippen LogP contribution in [0.2, 0.25) is 0 Å². The van der Waals surface area contributed by atoms with Crippen molar-refractivity contribution in [3.8, 4) is 0 Å². The van der Waals surface area contributed by atoms with Crippen LogP contribution in [0.3, 0.4) is 0 Å². The summed E-state index contributed by atoms with van der Waals surface area (Å²) in [5.74, 6) is 0. The lowest BCUT2D eigenvalue weighted by molar-refractivity contribution is -0.660. The number of nitrogens with zero attached hydrogens (tertiary/aromatic N) is 2. The Balaban J connectivity index is 2.29. The number of aryl methyl sites for hydroxylation is 1. The van der Waals surface area contributed by atoms with Crippen molar-refractivity contribution in [1.82, 2.24) is 4.98 Å². The molecule has 0 fully saturated rings. The first-order valence-corrected chi connectivity index (χ1v) is 6.95. The topological polar surface area (TPSA) is 16.8 Å². The molecule has 94 valence electrons. The van der Waals surface area contributed by atoms with Gasteiger partial charge in [0.2, 0.25) is 0 Å². The zero-order valence-corrected chi connectivity index (χ0v) is 11.2. The molecule has 0 amide bonds. The van der Waals surface area contributed by atoms with E-state index in [9.17, 15) is 0 Å². The third-order valence-corrected chi connectivity index (χ3v) is 4.49. The summed E-state index contributed by atoms with van der Waals surface area (Å²) in [5.41, 5.74) is 3.87. The van der Waals surface area contributed by atoms with E-state index in [4.69, 9.17) is 0 Å². The fraction of sp³-hybridized carbons (Fsp3) is 0.111. The summed E-state index contributed by atoms with van der Waals surface area (Å²) in [7, 11) is 0. The summed E-state index contributed by atoms with van der Waals surface area (Å²) < 4.78 is 2.28. The molecule has 2 heterocycles. The Bertz CT molecular complexity index is 1020. The molecule has 4 aromatic rings. The third kappa shape index (κ3) is 1.06. The van der Waals surface area contributed by atoms with Gasteiger partial charge in [-0.3, -0.25) is 0 Å². The van der Waals surface area contributed by atoms with Crippen LogP contribution in [0.5, 0.6) is 0 Å². The van der Waals surface area contributed by atoms with E-state index in [1.807, 2.05) is 6.33 Å². The monoisotopic (exact) mass is 257 g/mol. The van der Waals surface area contributed by atoms with Crippen molar-refractivity contribution in [3.05, 3.63) is 60.0 Å². The third-order valence-electron chi connectivity index (χ3n) is 4.49. The number of aromatic nitrogens is 2. The van der Waals surface area contributed by atoms with Crippen molar-refractivity contribution in [2.75, 3.05) is 0 Å². The van der Waals surface area contributed by atoms with Gasteiger partial charge >= 0.3 is 0 Å². The Morgan fingerprint density at radius 2 is 1.65 bits per heavy atom. The molecule has 2 heteroatoms. The number of hydrogen-bond acceptors (Lipinski definition) is 1. The van der Waals surface area contributed by atoms with E-state index in [-0.39, 0.29) is 0 Å². The van der Waals surface area contributed by atoms with E-state index in [0.29, 0.717) is 0 Å². The average Bonchev–Trinajstić information content (AvgIpc) is 2.86. The molecular formula is C18H13N2+. The van der Waals surface area contributed by atoms with Gasteiger partial charge in [-0.1, -0.05) is 47.4 Å². The number of fused-ring (bicyclic) bond motifs is 3. The minimum Gasteiger partial charge on any atom is -0.225 e. The van der Waals surface area contributed by atoms with Crippen LogP contribution in [0.1, 0.15) is 11.3 Å². The second kappa shape index (κ2) is 3.34. The van der Waals surface area contributed by atoms with E-state index in [0.717, 1.165) is 12.2 Å². The molecule has 0 unspecified atom stereocenters. The van der Waals surface area contributed by atoms with Gasteiger partial charge in [0.25, 0.3) is 6.33 Å². The molecule has 5 rings (SSSR count). The minimum atomic E-state index is 0.937. The Morgan fingerprint density at radius 3 is 2.55 bits per heavy atom. The van der Waals surface area contributed by atoms with Crippen LogP contribution in [0.25, 0.3) is 32.4 Å². The molecule has 1 aliphatic rings. The van der Waals surface area contributed by atoms with Gasteiger partial charge in [0.1, 0.15) is 12.1 Å². The second-order valence-electron chi connectivity index (χ2n) is 5.57. The molecule has 0 atom stereocenters. The smallest absolute Gasteiger partial charge is 0.225 e. The quantitative estimate of drug-likeness (QED) is 0.306. The van der Waals surface area contributed by atoms with Crippen LogP contribution >= 0.6 is 0 Å². The van der Waals surface area contributed by atoms with Crippen molar-refractivity contribution >= 4 is 32.4 Å². The molecule has 0 radical (unpaired) electrons. The first-order valence-electron chi connectivity index (χ1n) is 6.95. The van der Waals surface area contributed by atoms with Gasteiger partial charge in [0, 0.05) is 17.9 Å². The van der Waals surface area contributed by atoms with Gasteiger partial charge in [0.15, 0.2) is 5.69 Å². The molecule has 1 aromatic heterocycles. The van der Waals surface area contributed by atoms with Gasteiger partial charge in [-0.25, -0.2) is 4.57 Å². The van der Waals surface area contributed by atoms with E-state index in [2.05, 4.69) is 58.9 Å². The van der Waals surface area contributed by atoms with Gasteiger partial charge in [-0.2, -0.15) is 0 Å². The summed E-state index contributed by atoms with van der Waals surface area (Å²) in [6.07, 6.45) is 1.98. The Kier molecular flexibility index (Phi) is 1.72. The normalized spacial score (nSPS) is 13.1. The van der Waals surface area contributed by atoms with Crippen molar-refractivity contribution in [1.29, 1.82) is 0 Å². The van der Waals surface area contributed by atoms with E-state index in [1.165, 1.54) is 38.0 Å². The van der Waals surface area contributed by atoms with Gasteiger partial charge in [0.05, 0.1) is 5.39 Å². The highest BCUT2D eigenvalue weighted by Crippen LogP contribution is 2.37. The highest BCUT2D eigenvalue weighted by molar-refractivity contribution is 6.24. The first kappa shape index (κ1) is 10.3. The number of rotatable bonds is 0. The zero-order valence-electron chi connectivity index (χ0n) is 11.2. The van der Waals surface area contributed by atoms with Crippen LogP contribution in [0, 0.1) is 6.92 Å². The highest BCUT2D eigenvalue weighted by atomic mass is 15.0. The lowest BCUT2D eigenvalue weighted by Gasteiger charge is -2.07. The Labute approximate surface area is 116 Å². The largest absolute Gasteiger partial charge is 0.287 e. The van der Waals surface area contributed by atoms with Crippen LogP contribution in [0.15, 0.2) is 48.8 Å². The van der Waals surface area contributed by atoms with Crippen molar-refractivity contribution in [2.24, 2.45) is 0 Å². The van der Waals surface area contributed by atoms with Crippen LogP contribution in [-0.4, -0.2) is 4.98 Å². The summed E-state index contributed by atoms with van der Waals surface area (Å²) in [5, 5.41) is 6.73. The van der Waals surface area contributed by atoms with Gasteiger partial charge < -0.3 is 0 Å². The van der Waals surface area contributed by atoms with Gasteiger partial charge in [-0.15, -0.1) is 0 Å². The fourth-order valence-corrected chi connectivity index (χ4v) is 3.66. The summed E-state index contributed by atoms with van der Waals surface area (Å²) in [4.78, 5) is 4.60. The first-order chi connectivity index (χ1) is 9.84. The number of benzene rings is 3. The lowest BCUT2D eigenvalue weighted by atomic mass is 9.95. The SMILES string of the molecule is Cc1nc[n+]2c3c4c(cccc4c4ccccc4c13)C2. The average molecular weight is 257 g/mol. The molecule has 1 aliphatic heterocycles. The summed E-state index contributed by atoms with van der Waals surface area (Å²) >= 11 is 0. The molecular weight excluding hydrogens is 244 g/mol. The lowest BCUT2D eigenvalue weighted by Crippen LogP contribution is -2.32. The fourth-order valence-electron chi connectivity index (χ4n) is 3.66. The standard InChI is InChI=1S/C18H13N2/c1-11-16-14-7-3-2-6-13(14)15-8-4-5-12-9-20(10-19-11)18(16)17(12)15/h2-8,10H,9H2,1H3/q+1. The molecule has 0 saturated carbocycles. The zero-order chi connectivity index (χ0) is 13.3. The van der Waals surface area contributed by atoms with E-state index >= 15 is 0 Å². The van der Waals surface area contributed by atoms with Crippen LogP contribution in [-0.2, 0) is 6.54 Å². The maximum absolute atomic E-state index is 4.60. The summed E-state index contributed by atoms with van der Waals surface area (Å²) in [6, 6.07) is 15.3. The van der Waals surface area contributed by atoms with Crippen molar-refractivity contribution in [2.45, 2.75) is 13.5 Å². The number of hydrogen-bond donors (Lipinski definition) is 0. The second-order valence-corrected chi connectivity index (χ2v) is 5.57. The van der Waals surface area contributed by atoms with Gasteiger partial charge in [-0.05, 0) is 16.2 Å². The Hall–Kier alpha value is -2.48. The molecule has 0 bridgehead atoms. The minimum absolute atomic E-state index is 0.937. The van der Waals surface area contributed by atoms with E-state index < -0.39 is 0 Å². The predicted molar refractivity (Wildman–Crippen MR) is 80.8 cm³/mol. The molecule has 0 saturated heterocycles. The maximum atomic E-state index is 4.60. The van der Waals surface area contributed by atoms with Crippen LogP contribution in [0.4, 0.5) is 0 Å². The van der Waals surface area contributed by atoms with E-state index in [1.54, 1.807) is 0 Å². The van der Waals surface area contributed by atoms with Crippen LogP contribution < -0.4 is 4.57 Å². The maximum Gasteiger partial charge on any atom is 0.287 e. The highest BCUT2D eigenvalue weighted by Gasteiger charge is 2.25. The molecule has 0 spiro atoms. The summed E-state index contributed by atoms with van der Waals surface area (Å²) in [6.45, 7) is 3.05.